The van der Waals surface area contributed by atoms with Crippen molar-refractivity contribution in [3.05, 3.63) is 99.5 Å². The van der Waals surface area contributed by atoms with E-state index >= 15 is 0 Å². The summed E-state index contributed by atoms with van der Waals surface area (Å²) < 4.78 is 5.83. The number of carbonyl (C=O) groups is 4. The predicted octanol–water partition coefficient (Wildman–Crippen LogP) is 4.29. The van der Waals surface area contributed by atoms with E-state index in [0.29, 0.717) is 10.0 Å². The Labute approximate surface area is 180 Å². The molecule has 0 aromatic heterocycles. The normalized spacial score (nSPS) is 12.6. The third-order valence-electron chi connectivity index (χ3n) is 4.64. The fraction of sp³-hybridized carbons (Fsp3) is 0.0435. The largest absolute Gasteiger partial charge is 0.454 e. The second-order valence-electron chi connectivity index (χ2n) is 6.52. The number of benzene rings is 3. The first-order valence-corrected chi connectivity index (χ1v) is 9.79. The number of fused-ring (bicyclic) bond motifs is 1. The number of hydrogen-bond donors (Lipinski definition) is 0. The number of hydrogen-bond acceptors (Lipinski definition) is 5. The van der Waals surface area contributed by atoms with Gasteiger partial charge in [-0.05, 0) is 30.3 Å². The lowest BCUT2D eigenvalue weighted by molar-refractivity contribution is 0.0475. The number of esters is 1. The molecule has 3 aromatic carbocycles. The second kappa shape index (κ2) is 8.04. The van der Waals surface area contributed by atoms with E-state index in [1.807, 2.05) is 0 Å². The average molecular weight is 464 g/mol. The molecule has 0 aliphatic carbocycles. The maximum atomic E-state index is 12.9. The Morgan fingerprint density at radius 3 is 2.27 bits per heavy atom. The van der Waals surface area contributed by atoms with Gasteiger partial charge in [0.2, 0.25) is 0 Å². The number of nitrogens with zero attached hydrogens (tertiary/aromatic N) is 1. The van der Waals surface area contributed by atoms with Gasteiger partial charge in [-0.2, -0.15) is 0 Å². The molecule has 3 aromatic rings. The van der Waals surface area contributed by atoms with Gasteiger partial charge in [0.15, 0.2) is 12.4 Å². The predicted molar refractivity (Wildman–Crippen MR) is 113 cm³/mol. The molecule has 1 heterocycles. The third-order valence-corrected chi connectivity index (χ3v) is 5.14. The Hall–Kier alpha value is -3.58. The van der Waals surface area contributed by atoms with Gasteiger partial charge in [0.1, 0.15) is 0 Å². The van der Waals surface area contributed by atoms with Crippen molar-refractivity contribution in [2.75, 3.05) is 11.5 Å². The van der Waals surface area contributed by atoms with Gasteiger partial charge in [-0.15, -0.1) is 0 Å². The van der Waals surface area contributed by atoms with E-state index in [9.17, 15) is 19.2 Å². The Bertz CT molecular complexity index is 1190. The Morgan fingerprint density at radius 2 is 1.50 bits per heavy atom. The molecule has 1 aliphatic rings. The van der Waals surface area contributed by atoms with Crippen molar-refractivity contribution in [3.63, 3.8) is 0 Å². The van der Waals surface area contributed by atoms with Crippen LogP contribution in [-0.4, -0.2) is 30.2 Å². The zero-order valence-electron chi connectivity index (χ0n) is 15.5. The average Bonchev–Trinajstić information content (AvgIpc) is 3.01. The number of ketones is 1. The highest BCUT2D eigenvalue weighted by Crippen LogP contribution is 2.32. The number of carbonyl (C=O) groups excluding carboxylic acids is 4. The van der Waals surface area contributed by atoms with Crippen molar-refractivity contribution in [2.45, 2.75) is 0 Å². The molecule has 148 valence electrons. The van der Waals surface area contributed by atoms with E-state index in [2.05, 4.69) is 15.9 Å². The van der Waals surface area contributed by atoms with Crippen molar-refractivity contribution in [1.82, 2.24) is 0 Å². The van der Waals surface area contributed by atoms with Crippen LogP contribution in [0.3, 0.4) is 0 Å². The van der Waals surface area contributed by atoms with Gasteiger partial charge >= 0.3 is 5.97 Å². The van der Waals surface area contributed by atoms with Crippen LogP contribution in [0, 0.1) is 0 Å². The minimum absolute atomic E-state index is 0.0203. The number of ether oxygens (including phenoxy) is 1. The molecule has 0 saturated carbocycles. The van der Waals surface area contributed by atoms with Crippen LogP contribution in [0.4, 0.5) is 5.69 Å². The van der Waals surface area contributed by atoms with E-state index in [4.69, 9.17) is 4.74 Å². The summed E-state index contributed by atoms with van der Waals surface area (Å²) in [4.78, 5) is 51.5. The van der Waals surface area contributed by atoms with Gasteiger partial charge < -0.3 is 4.74 Å². The Morgan fingerprint density at radius 1 is 0.833 bits per heavy atom. The molecule has 0 bridgehead atoms. The first-order chi connectivity index (χ1) is 14.5. The zero-order valence-corrected chi connectivity index (χ0v) is 17.1. The second-order valence-corrected chi connectivity index (χ2v) is 7.43. The number of para-hydroxylation sites is 1. The number of anilines is 1. The molecule has 6 nitrogen and oxygen atoms in total. The van der Waals surface area contributed by atoms with Crippen molar-refractivity contribution in [3.8, 4) is 0 Å². The first kappa shape index (κ1) is 19.7. The number of imide groups is 1. The van der Waals surface area contributed by atoms with Gasteiger partial charge in [-0.1, -0.05) is 58.4 Å². The molecular weight excluding hydrogens is 450 g/mol. The molecule has 2 amide bonds. The molecule has 1 aliphatic heterocycles. The van der Waals surface area contributed by atoms with Crippen molar-refractivity contribution >= 4 is 45.2 Å². The Kier molecular flexibility index (Phi) is 5.29. The topological polar surface area (TPSA) is 80.8 Å². The van der Waals surface area contributed by atoms with Gasteiger partial charge in [-0.3, -0.25) is 14.4 Å². The van der Waals surface area contributed by atoms with Gasteiger partial charge in [-0.25, -0.2) is 9.69 Å². The quantitative estimate of drug-likeness (QED) is 0.320. The number of halogens is 1. The highest BCUT2D eigenvalue weighted by molar-refractivity contribution is 9.10. The minimum Gasteiger partial charge on any atom is -0.454 e. The maximum absolute atomic E-state index is 12.9. The molecule has 0 spiro atoms. The van der Waals surface area contributed by atoms with E-state index in [0.717, 1.165) is 4.90 Å². The van der Waals surface area contributed by atoms with E-state index in [1.165, 1.54) is 12.1 Å². The fourth-order valence-electron chi connectivity index (χ4n) is 3.19. The van der Waals surface area contributed by atoms with E-state index in [1.54, 1.807) is 60.7 Å². The zero-order chi connectivity index (χ0) is 21.3. The molecule has 0 unspecified atom stereocenters. The number of rotatable bonds is 5. The van der Waals surface area contributed by atoms with Gasteiger partial charge in [0, 0.05) is 10.0 Å². The highest BCUT2D eigenvalue weighted by Gasteiger charge is 2.38. The van der Waals surface area contributed by atoms with E-state index < -0.39 is 24.4 Å². The molecule has 0 atom stereocenters. The maximum Gasteiger partial charge on any atom is 0.340 e. The summed E-state index contributed by atoms with van der Waals surface area (Å²) >= 11 is 3.29. The smallest absolute Gasteiger partial charge is 0.340 e. The first-order valence-electron chi connectivity index (χ1n) is 9.00. The SMILES string of the molecule is O=C(COC(=O)c1ccccc1N1C(=O)c2ccc(Br)cc2C1=O)c1ccccc1. The van der Waals surface area contributed by atoms with E-state index in [-0.39, 0.29) is 28.2 Å². The van der Waals surface area contributed by atoms with Crippen molar-refractivity contribution < 1.29 is 23.9 Å². The molecule has 0 radical (unpaired) electrons. The van der Waals surface area contributed by atoms with Gasteiger partial charge in [0.25, 0.3) is 11.8 Å². The summed E-state index contributed by atoms with van der Waals surface area (Å²) in [7, 11) is 0. The lowest BCUT2D eigenvalue weighted by atomic mass is 10.1. The molecule has 0 saturated heterocycles. The molecule has 30 heavy (non-hydrogen) atoms. The standard InChI is InChI=1S/C23H14BrNO5/c24-15-10-11-16-18(12-15)22(28)25(21(16)27)19-9-5-4-8-17(19)23(29)30-13-20(26)14-6-2-1-3-7-14/h1-12H,13H2. The van der Waals surface area contributed by atoms with Crippen LogP contribution in [0.25, 0.3) is 0 Å². The van der Waals surface area contributed by atoms with Crippen LogP contribution in [0.1, 0.15) is 41.4 Å². The minimum atomic E-state index is -0.799. The van der Waals surface area contributed by atoms with Crippen LogP contribution in [-0.2, 0) is 4.74 Å². The summed E-state index contributed by atoms with van der Waals surface area (Å²) in [5, 5.41) is 0. The van der Waals surface area contributed by atoms with Crippen molar-refractivity contribution in [1.29, 1.82) is 0 Å². The summed E-state index contributed by atoms with van der Waals surface area (Å²) in [6.07, 6.45) is 0. The summed E-state index contributed by atoms with van der Waals surface area (Å²) in [5.74, 6) is -2.21. The lowest BCUT2D eigenvalue weighted by Gasteiger charge is -2.17. The molecule has 0 N–H and O–H groups in total. The molecule has 0 fully saturated rings. The number of Topliss-reactive ketones (excluding diaryl/α,β-unsaturated/α-hetero) is 1. The van der Waals surface area contributed by atoms with Crippen LogP contribution >= 0.6 is 15.9 Å². The van der Waals surface area contributed by atoms with Crippen LogP contribution < -0.4 is 4.90 Å². The lowest BCUT2D eigenvalue weighted by Crippen LogP contribution is -2.31. The van der Waals surface area contributed by atoms with Gasteiger partial charge in [0.05, 0.1) is 22.4 Å². The summed E-state index contributed by atoms with van der Waals surface area (Å²) in [6.45, 7) is -0.452. The van der Waals surface area contributed by atoms with Crippen LogP contribution in [0.2, 0.25) is 0 Å². The van der Waals surface area contributed by atoms with Crippen LogP contribution in [0.5, 0.6) is 0 Å². The summed E-state index contributed by atoms with van der Waals surface area (Å²) in [5.41, 5.74) is 1.05. The number of amides is 2. The molecular formula is C23H14BrNO5. The molecule has 4 rings (SSSR count). The fourth-order valence-corrected chi connectivity index (χ4v) is 3.55. The summed E-state index contributed by atoms with van der Waals surface area (Å²) in [6, 6.07) is 19.4. The highest BCUT2D eigenvalue weighted by atomic mass is 79.9. The van der Waals surface area contributed by atoms with Crippen LogP contribution in [0.15, 0.2) is 77.3 Å². The molecule has 7 heteroatoms. The Balaban J connectivity index is 1.59. The monoisotopic (exact) mass is 463 g/mol. The van der Waals surface area contributed by atoms with Crippen molar-refractivity contribution in [2.24, 2.45) is 0 Å². The third kappa shape index (κ3) is 3.55.